The first-order valence-electron chi connectivity index (χ1n) is 9.38. The van der Waals surface area contributed by atoms with Crippen molar-refractivity contribution in [3.63, 3.8) is 0 Å². The summed E-state index contributed by atoms with van der Waals surface area (Å²) in [5, 5.41) is 11.3. The maximum Gasteiger partial charge on any atom is 0.322 e. The maximum absolute atomic E-state index is 12.1. The van der Waals surface area contributed by atoms with Gasteiger partial charge in [0, 0.05) is 25.7 Å². The molecule has 9 nitrogen and oxygen atoms in total. The fourth-order valence-electron chi connectivity index (χ4n) is 3.59. The molecule has 3 aliphatic rings. The maximum atomic E-state index is 12.1. The first-order valence-corrected chi connectivity index (χ1v) is 9.38. The van der Waals surface area contributed by atoms with Crippen LogP contribution in [0.1, 0.15) is 39.5 Å². The van der Waals surface area contributed by atoms with E-state index in [-0.39, 0.29) is 24.3 Å². The minimum absolute atomic E-state index is 0.0457. The normalized spacial score (nSPS) is 27.2. The zero-order chi connectivity index (χ0) is 18.7. The number of hydrogen-bond acceptors (Lipinski definition) is 4. The second kappa shape index (κ2) is 7.51. The molecule has 4 amide bonds. The lowest BCUT2D eigenvalue weighted by Gasteiger charge is -2.39. The van der Waals surface area contributed by atoms with Crippen molar-refractivity contribution in [2.24, 2.45) is 10.9 Å². The monoisotopic (exact) mass is 364 g/mol. The predicted octanol–water partition coefficient (Wildman–Crippen LogP) is -0.459. The second-order valence-electron chi connectivity index (χ2n) is 7.38. The molecule has 2 aliphatic heterocycles. The van der Waals surface area contributed by atoms with Crippen molar-refractivity contribution in [2.45, 2.75) is 51.1 Å². The lowest BCUT2D eigenvalue weighted by molar-refractivity contribution is -0.125. The van der Waals surface area contributed by atoms with Gasteiger partial charge in [-0.3, -0.25) is 14.9 Å². The SMILES string of the molecule is CCNC(=NCC(=O)NC1CC1)N1CCC(C2(C)NC(=O)NC2=O)CC1. The van der Waals surface area contributed by atoms with E-state index in [0.717, 1.165) is 51.3 Å². The minimum Gasteiger partial charge on any atom is -0.357 e. The Morgan fingerprint density at radius 1 is 1.27 bits per heavy atom. The number of guanidine groups is 1. The van der Waals surface area contributed by atoms with Crippen LogP contribution < -0.4 is 21.3 Å². The first kappa shape index (κ1) is 18.5. The van der Waals surface area contributed by atoms with Gasteiger partial charge < -0.3 is 20.9 Å². The summed E-state index contributed by atoms with van der Waals surface area (Å²) in [6.45, 7) is 6.06. The third-order valence-electron chi connectivity index (χ3n) is 5.33. The summed E-state index contributed by atoms with van der Waals surface area (Å²) < 4.78 is 0. The van der Waals surface area contributed by atoms with Crippen LogP contribution in [0.5, 0.6) is 0 Å². The fourth-order valence-corrected chi connectivity index (χ4v) is 3.59. The van der Waals surface area contributed by atoms with E-state index in [9.17, 15) is 14.4 Å². The first-order chi connectivity index (χ1) is 12.4. The third-order valence-corrected chi connectivity index (χ3v) is 5.33. The quantitative estimate of drug-likeness (QED) is 0.299. The standard InChI is InChI=1S/C17H28N6O3/c1-3-18-15(19-10-13(24)20-12-4-5-12)23-8-6-11(7-9-23)17(2)14(25)21-16(26)22-17/h11-12H,3-10H2,1-2H3,(H,18,19)(H,20,24)(H2,21,22,25,26). The molecule has 2 saturated heterocycles. The van der Waals surface area contributed by atoms with Gasteiger partial charge in [0.2, 0.25) is 5.91 Å². The highest BCUT2D eigenvalue weighted by atomic mass is 16.2. The highest BCUT2D eigenvalue weighted by Crippen LogP contribution is 2.30. The molecule has 9 heteroatoms. The Morgan fingerprint density at radius 2 is 1.96 bits per heavy atom. The number of carbonyl (C=O) groups excluding carboxylic acids is 3. The van der Waals surface area contributed by atoms with E-state index < -0.39 is 11.6 Å². The Bertz CT molecular complexity index is 610. The molecule has 26 heavy (non-hydrogen) atoms. The van der Waals surface area contributed by atoms with Crippen LogP contribution in [0.15, 0.2) is 4.99 Å². The van der Waals surface area contributed by atoms with E-state index in [1.807, 2.05) is 6.92 Å². The Hall–Kier alpha value is -2.32. The number of carbonyl (C=O) groups is 3. The van der Waals surface area contributed by atoms with Crippen LogP contribution >= 0.6 is 0 Å². The number of imide groups is 1. The Labute approximate surface area is 153 Å². The molecular weight excluding hydrogens is 336 g/mol. The summed E-state index contributed by atoms with van der Waals surface area (Å²) in [5.74, 6) is 0.502. The highest BCUT2D eigenvalue weighted by Gasteiger charge is 2.48. The number of amides is 4. The average Bonchev–Trinajstić information content (AvgIpc) is 3.37. The molecule has 1 saturated carbocycles. The molecule has 0 radical (unpaired) electrons. The Balaban J connectivity index is 1.56. The Kier molecular flexibility index (Phi) is 5.33. The summed E-state index contributed by atoms with van der Waals surface area (Å²) in [7, 11) is 0. The number of hydrogen-bond donors (Lipinski definition) is 4. The van der Waals surface area contributed by atoms with Crippen LogP contribution in [0, 0.1) is 5.92 Å². The zero-order valence-electron chi connectivity index (χ0n) is 15.4. The largest absolute Gasteiger partial charge is 0.357 e. The number of aliphatic imine (C=N–C) groups is 1. The Morgan fingerprint density at radius 3 is 2.50 bits per heavy atom. The molecule has 2 heterocycles. The molecule has 3 rings (SSSR count). The lowest BCUT2D eigenvalue weighted by atomic mass is 9.79. The molecule has 1 aliphatic carbocycles. The molecule has 0 aromatic rings. The van der Waals surface area contributed by atoms with Crippen LogP contribution in [-0.2, 0) is 9.59 Å². The summed E-state index contributed by atoms with van der Waals surface area (Å²) in [5.41, 5.74) is -0.844. The number of likely N-dealkylation sites (tertiary alicyclic amines) is 1. The van der Waals surface area contributed by atoms with E-state index in [0.29, 0.717) is 6.04 Å². The van der Waals surface area contributed by atoms with Gasteiger partial charge in [0.25, 0.3) is 5.91 Å². The molecule has 0 aromatic carbocycles. The van der Waals surface area contributed by atoms with Crippen molar-refractivity contribution < 1.29 is 14.4 Å². The highest BCUT2D eigenvalue weighted by molar-refractivity contribution is 6.07. The van der Waals surface area contributed by atoms with E-state index >= 15 is 0 Å². The van der Waals surface area contributed by atoms with Crippen LogP contribution in [0.3, 0.4) is 0 Å². The topological polar surface area (TPSA) is 115 Å². The third kappa shape index (κ3) is 4.08. The summed E-state index contributed by atoms with van der Waals surface area (Å²) >= 11 is 0. The number of piperidine rings is 1. The summed E-state index contributed by atoms with van der Waals surface area (Å²) in [6.07, 6.45) is 3.66. The van der Waals surface area contributed by atoms with Crippen molar-refractivity contribution >= 4 is 23.8 Å². The van der Waals surface area contributed by atoms with Gasteiger partial charge >= 0.3 is 6.03 Å². The van der Waals surface area contributed by atoms with Gasteiger partial charge in [0.05, 0.1) is 0 Å². The van der Waals surface area contributed by atoms with Crippen molar-refractivity contribution in [1.29, 1.82) is 0 Å². The van der Waals surface area contributed by atoms with Gasteiger partial charge in [-0.1, -0.05) is 0 Å². The molecule has 1 unspecified atom stereocenters. The van der Waals surface area contributed by atoms with Gasteiger partial charge in [-0.05, 0) is 45.4 Å². The molecule has 144 valence electrons. The molecule has 1 atom stereocenters. The van der Waals surface area contributed by atoms with Crippen LogP contribution in [0.2, 0.25) is 0 Å². The van der Waals surface area contributed by atoms with Crippen molar-refractivity contribution in [3.8, 4) is 0 Å². The van der Waals surface area contributed by atoms with E-state index in [4.69, 9.17) is 0 Å². The molecule has 3 fully saturated rings. The number of rotatable bonds is 5. The van der Waals surface area contributed by atoms with Gasteiger partial charge in [-0.25, -0.2) is 9.79 Å². The van der Waals surface area contributed by atoms with Crippen LogP contribution in [0.4, 0.5) is 4.79 Å². The van der Waals surface area contributed by atoms with Gasteiger partial charge in [0.1, 0.15) is 12.1 Å². The minimum atomic E-state index is -0.844. The van der Waals surface area contributed by atoms with Crippen LogP contribution in [-0.4, -0.2) is 66.5 Å². The molecule has 0 bridgehead atoms. The number of nitrogens with zero attached hydrogens (tertiary/aromatic N) is 2. The van der Waals surface area contributed by atoms with Crippen LogP contribution in [0.25, 0.3) is 0 Å². The average molecular weight is 364 g/mol. The van der Waals surface area contributed by atoms with E-state index in [1.165, 1.54) is 0 Å². The van der Waals surface area contributed by atoms with E-state index in [1.54, 1.807) is 6.92 Å². The van der Waals surface area contributed by atoms with Crippen molar-refractivity contribution in [2.75, 3.05) is 26.2 Å². The molecular formula is C17H28N6O3. The smallest absolute Gasteiger partial charge is 0.322 e. The summed E-state index contributed by atoms with van der Waals surface area (Å²) in [6, 6.07) is -0.0824. The molecule has 0 aromatic heterocycles. The van der Waals surface area contributed by atoms with Gasteiger partial charge in [-0.15, -0.1) is 0 Å². The van der Waals surface area contributed by atoms with Gasteiger partial charge in [0.15, 0.2) is 5.96 Å². The lowest BCUT2D eigenvalue weighted by Crippen LogP contribution is -2.55. The molecule has 0 spiro atoms. The summed E-state index contributed by atoms with van der Waals surface area (Å²) in [4.78, 5) is 42.0. The zero-order valence-corrected chi connectivity index (χ0v) is 15.4. The molecule has 4 N–H and O–H groups in total. The number of nitrogens with one attached hydrogen (secondary N) is 4. The number of urea groups is 1. The van der Waals surface area contributed by atoms with E-state index in [2.05, 4.69) is 31.2 Å². The van der Waals surface area contributed by atoms with Crippen molar-refractivity contribution in [1.82, 2.24) is 26.2 Å². The fraction of sp³-hybridized carbons (Fsp3) is 0.765. The van der Waals surface area contributed by atoms with Gasteiger partial charge in [-0.2, -0.15) is 0 Å². The van der Waals surface area contributed by atoms with Crippen molar-refractivity contribution in [3.05, 3.63) is 0 Å². The predicted molar refractivity (Wildman–Crippen MR) is 96.5 cm³/mol. The second-order valence-corrected chi connectivity index (χ2v) is 7.38.